The molecule has 0 amide bonds. The molecule has 0 unspecified atom stereocenters. The van der Waals surface area contributed by atoms with Gasteiger partial charge in [0, 0.05) is 33.0 Å². The van der Waals surface area contributed by atoms with Crippen molar-refractivity contribution in [3.8, 4) is 0 Å². The number of rotatable bonds is 0. The van der Waals surface area contributed by atoms with E-state index in [2.05, 4.69) is 23.1 Å². The molecule has 3 rings (SSSR count). The molecule has 1 heterocycles. The van der Waals surface area contributed by atoms with Crippen molar-refractivity contribution in [2.24, 2.45) is 18.9 Å². The third-order valence-corrected chi connectivity index (χ3v) is 4.74. The molecule has 0 aliphatic heterocycles. The number of nitrogens with one attached hydrogen (secondary N) is 1. The highest BCUT2D eigenvalue weighted by molar-refractivity contribution is 6.00. The minimum Gasteiger partial charge on any atom is -0.317 e. The minimum absolute atomic E-state index is 0.00291. The van der Waals surface area contributed by atoms with E-state index < -0.39 is 0 Å². The zero-order valence-electron chi connectivity index (χ0n) is 15.4. The van der Waals surface area contributed by atoms with Gasteiger partial charge in [0.1, 0.15) is 0 Å². The highest BCUT2D eigenvalue weighted by atomic mass is 16.5. The molecule has 2 aliphatic rings. The van der Waals surface area contributed by atoms with E-state index in [-0.39, 0.29) is 28.7 Å². The molecule has 126 valence electrons. The molecule has 0 radical (unpaired) electrons. The molecule has 1 aromatic rings. The summed E-state index contributed by atoms with van der Waals surface area (Å²) in [5.74, 6) is 0.166. The Kier molecular flexibility index (Phi) is 5.34. The van der Waals surface area contributed by atoms with Crippen LogP contribution < -0.4 is 5.48 Å². The fraction of sp³-hybridized carbons (Fsp3) is 0.588. The molecule has 0 aromatic carbocycles. The second kappa shape index (κ2) is 7.07. The first-order valence-corrected chi connectivity index (χ1v) is 7.37. The van der Waals surface area contributed by atoms with Crippen molar-refractivity contribution >= 4 is 5.78 Å². The SMILES string of the molecule is CNO.[3H]C.[C-]#[N+]C1=C[C@]2(C)c3nn(C)cc3CC[C@H]2[C@H](C)C1=O. The molecule has 0 spiro atoms. The standard InChI is InChI=1S/C15H17N3O.CH5NO.CH4/c1-9-11-6-5-10-8-18(4)17-14(10)15(11,2)7-12(16-3)13(9)19;1-2-3;/h7-9,11H,5-6H2,1-2,4H3;2-3H,1H3;1H4/t9-,11-,15-;;/m0../s1/i;;1T. The number of hydrogen-bond donors (Lipinski definition) is 2. The third-order valence-electron chi connectivity index (χ3n) is 4.74. The summed E-state index contributed by atoms with van der Waals surface area (Å²) >= 11 is 0. The van der Waals surface area contributed by atoms with Crippen molar-refractivity contribution in [1.29, 1.82) is 0 Å². The smallest absolute Gasteiger partial charge is 0.226 e. The quantitative estimate of drug-likeness (QED) is 0.569. The number of carbonyl (C=O) groups excluding carboxylic acids is 1. The van der Waals surface area contributed by atoms with Crippen molar-refractivity contribution in [3.63, 3.8) is 0 Å². The normalized spacial score (nSPS) is 28.5. The maximum atomic E-state index is 12.2. The second-order valence-corrected chi connectivity index (χ2v) is 6.12. The fourth-order valence-corrected chi connectivity index (χ4v) is 3.76. The lowest BCUT2D eigenvalue weighted by molar-refractivity contribution is -0.121. The fourth-order valence-electron chi connectivity index (χ4n) is 3.76. The first-order valence-electron chi connectivity index (χ1n) is 8.37. The van der Waals surface area contributed by atoms with Crippen LogP contribution >= 0.6 is 0 Å². The van der Waals surface area contributed by atoms with Crippen LogP contribution in [0.25, 0.3) is 4.85 Å². The van der Waals surface area contributed by atoms with Crippen molar-refractivity contribution in [3.05, 3.63) is 40.6 Å². The molecular weight excluding hydrogens is 292 g/mol. The summed E-state index contributed by atoms with van der Waals surface area (Å²) in [6.45, 7) is 11.3. The molecular formula is C17H26N4O2. The molecule has 0 bridgehead atoms. The molecule has 1 aromatic heterocycles. The zero-order chi connectivity index (χ0) is 18.5. The molecule has 0 saturated carbocycles. The number of hydroxylamine groups is 1. The number of Topliss-reactive ketones (excluding diaryl/α,β-unsaturated/α-hetero) is 1. The largest absolute Gasteiger partial charge is 0.317 e. The summed E-state index contributed by atoms with van der Waals surface area (Å²) in [5.41, 5.74) is 4.06. The van der Waals surface area contributed by atoms with E-state index in [1.54, 1.807) is 5.48 Å². The maximum Gasteiger partial charge on any atom is 0.226 e. The van der Waals surface area contributed by atoms with Gasteiger partial charge >= 0.3 is 0 Å². The first-order chi connectivity index (χ1) is 11.4. The van der Waals surface area contributed by atoms with Crippen molar-refractivity contribution < 1.29 is 11.4 Å². The Morgan fingerprint density at radius 1 is 1.65 bits per heavy atom. The summed E-state index contributed by atoms with van der Waals surface area (Å²) in [5, 5.41) is 11.9. The molecule has 0 fully saturated rings. The average molecular weight is 320 g/mol. The van der Waals surface area contributed by atoms with Gasteiger partial charge in [-0.3, -0.25) is 4.68 Å². The summed E-state index contributed by atoms with van der Waals surface area (Å²) in [4.78, 5) is 15.6. The van der Waals surface area contributed by atoms with Crippen LogP contribution in [0.3, 0.4) is 0 Å². The van der Waals surface area contributed by atoms with Gasteiger partial charge in [-0.1, -0.05) is 27.3 Å². The number of carbonyl (C=O) groups is 1. The van der Waals surface area contributed by atoms with E-state index >= 15 is 0 Å². The van der Waals surface area contributed by atoms with E-state index in [0.717, 1.165) is 18.5 Å². The van der Waals surface area contributed by atoms with Crippen LogP contribution in [0.15, 0.2) is 18.0 Å². The number of hydrogen-bond acceptors (Lipinski definition) is 4. The number of fused-ring (bicyclic) bond motifs is 3. The highest BCUT2D eigenvalue weighted by Crippen LogP contribution is 2.49. The Hall–Kier alpha value is -1.97. The summed E-state index contributed by atoms with van der Waals surface area (Å²) in [7, 11) is 4.60. The minimum atomic E-state index is -0.276. The van der Waals surface area contributed by atoms with Crippen LogP contribution in [0.1, 0.15) is 40.3 Å². The lowest BCUT2D eigenvalue weighted by atomic mass is 9.59. The van der Waals surface area contributed by atoms with Gasteiger partial charge in [0.15, 0.2) is 5.78 Å². The Morgan fingerprint density at radius 2 is 2.26 bits per heavy atom. The van der Waals surface area contributed by atoms with Gasteiger partial charge in [-0.05, 0) is 24.3 Å². The van der Waals surface area contributed by atoms with Crippen LogP contribution in [0, 0.1) is 18.4 Å². The Bertz CT molecular complexity index is 662. The molecule has 3 atom stereocenters. The summed E-state index contributed by atoms with van der Waals surface area (Å²) in [6.07, 6.45) is 5.88. The lowest BCUT2D eigenvalue weighted by Crippen LogP contribution is -2.45. The molecule has 6 nitrogen and oxygen atoms in total. The number of ketones is 1. The zero-order valence-corrected chi connectivity index (χ0v) is 14.4. The van der Waals surface area contributed by atoms with Gasteiger partial charge in [0.2, 0.25) is 5.70 Å². The van der Waals surface area contributed by atoms with Crippen molar-refractivity contribution in [2.75, 3.05) is 7.05 Å². The number of allylic oxidation sites excluding steroid dienone is 2. The maximum absolute atomic E-state index is 12.2. The Morgan fingerprint density at radius 3 is 2.83 bits per heavy atom. The summed E-state index contributed by atoms with van der Waals surface area (Å²) in [6, 6.07) is 0. The first kappa shape index (κ1) is 17.4. The number of aryl methyl sites for hydroxylation is 2. The lowest BCUT2D eigenvalue weighted by Gasteiger charge is -2.44. The molecule has 2 aliphatic carbocycles. The van der Waals surface area contributed by atoms with Crippen LogP contribution in [0.4, 0.5) is 0 Å². The van der Waals surface area contributed by atoms with Gasteiger partial charge in [-0.2, -0.15) is 5.10 Å². The van der Waals surface area contributed by atoms with Crippen LogP contribution in [0.2, 0.25) is 0 Å². The van der Waals surface area contributed by atoms with Crippen molar-refractivity contribution in [2.45, 2.75) is 39.5 Å². The van der Waals surface area contributed by atoms with Gasteiger partial charge < -0.3 is 10.0 Å². The molecule has 0 saturated heterocycles. The van der Waals surface area contributed by atoms with Crippen LogP contribution in [-0.4, -0.2) is 27.8 Å². The number of aromatic nitrogens is 2. The Balaban J connectivity index is 0.000000521. The van der Waals surface area contributed by atoms with Crippen molar-refractivity contribution in [1.82, 2.24) is 15.3 Å². The molecule has 2 N–H and O–H groups in total. The van der Waals surface area contributed by atoms with Gasteiger partial charge in [-0.15, -0.1) is 0 Å². The van der Waals surface area contributed by atoms with E-state index in [9.17, 15) is 4.79 Å². The molecule has 6 heteroatoms. The van der Waals surface area contributed by atoms with E-state index in [1.165, 1.54) is 20.0 Å². The van der Waals surface area contributed by atoms with E-state index in [1.807, 2.05) is 24.7 Å². The van der Waals surface area contributed by atoms with E-state index in [0.29, 0.717) is 0 Å². The predicted molar refractivity (Wildman–Crippen MR) is 88.8 cm³/mol. The van der Waals surface area contributed by atoms with Crippen LogP contribution in [-0.2, 0) is 23.7 Å². The third kappa shape index (κ3) is 3.07. The monoisotopic (exact) mass is 320 g/mol. The second-order valence-electron chi connectivity index (χ2n) is 6.12. The van der Waals surface area contributed by atoms with Gasteiger partial charge in [0.05, 0.1) is 12.3 Å². The Labute approximate surface area is 139 Å². The average Bonchev–Trinajstić information content (AvgIpc) is 2.96. The van der Waals surface area contributed by atoms with Gasteiger partial charge in [0.25, 0.3) is 0 Å². The number of nitrogens with zero attached hydrogens (tertiary/aromatic N) is 3. The van der Waals surface area contributed by atoms with Gasteiger partial charge in [-0.25, -0.2) is 10.3 Å². The molecule has 23 heavy (non-hydrogen) atoms. The van der Waals surface area contributed by atoms with E-state index in [4.69, 9.17) is 13.2 Å². The van der Waals surface area contributed by atoms with Crippen LogP contribution in [0.5, 0.6) is 0 Å². The highest BCUT2D eigenvalue weighted by Gasteiger charge is 2.49. The predicted octanol–water partition coefficient (Wildman–Crippen LogP) is 2.49. The topological polar surface area (TPSA) is 71.5 Å². The summed E-state index contributed by atoms with van der Waals surface area (Å²) < 4.78 is 7.59.